The van der Waals surface area contributed by atoms with E-state index in [4.69, 9.17) is 4.74 Å². The minimum absolute atomic E-state index is 0. The lowest BCUT2D eigenvalue weighted by atomic mass is 10.2. The molecule has 0 aliphatic heterocycles. The first kappa shape index (κ1) is 17.0. The predicted octanol–water partition coefficient (Wildman–Crippen LogP) is 2.13. The molecule has 0 aliphatic rings. The van der Waals surface area contributed by atoms with Crippen LogP contribution in [-0.2, 0) is 0 Å². The molecule has 0 atom stereocenters. The van der Waals surface area contributed by atoms with E-state index < -0.39 is 0 Å². The zero-order chi connectivity index (χ0) is 12.7. The van der Waals surface area contributed by atoms with Crippen molar-refractivity contribution in [3.05, 3.63) is 29.8 Å². The van der Waals surface area contributed by atoms with Gasteiger partial charge in [-0.3, -0.25) is 4.99 Å². The van der Waals surface area contributed by atoms with E-state index in [0.717, 1.165) is 18.3 Å². The van der Waals surface area contributed by atoms with Gasteiger partial charge in [-0.25, -0.2) is 0 Å². The van der Waals surface area contributed by atoms with Crippen molar-refractivity contribution in [3.63, 3.8) is 0 Å². The molecule has 0 saturated carbocycles. The largest absolute Gasteiger partial charge is 0.492 e. The zero-order valence-electron chi connectivity index (χ0n) is 11.4. The van der Waals surface area contributed by atoms with E-state index in [9.17, 15) is 0 Å². The highest BCUT2D eigenvalue weighted by Gasteiger charge is 1.99. The van der Waals surface area contributed by atoms with Crippen LogP contribution in [0, 0.1) is 6.92 Å². The zero-order valence-corrected chi connectivity index (χ0v) is 13.8. The normalized spacial score (nSPS) is 10.6. The van der Waals surface area contributed by atoms with Crippen molar-refractivity contribution < 1.29 is 4.74 Å². The van der Waals surface area contributed by atoms with E-state index >= 15 is 0 Å². The van der Waals surface area contributed by atoms with Crippen LogP contribution in [0.5, 0.6) is 5.75 Å². The summed E-state index contributed by atoms with van der Waals surface area (Å²) in [6.07, 6.45) is 0. The Kier molecular flexibility index (Phi) is 8.53. The SMILES string of the molecule is CN=C(NCCOc1ccc(C)cc1)N(C)C.I. The number of rotatable bonds is 4. The van der Waals surface area contributed by atoms with Gasteiger partial charge in [-0.2, -0.15) is 0 Å². The molecule has 0 bridgehead atoms. The van der Waals surface area contributed by atoms with Crippen LogP contribution in [0.15, 0.2) is 29.3 Å². The lowest BCUT2D eigenvalue weighted by molar-refractivity contribution is 0.320. The summed E-state index contributed by atoms with van der Waals surface area (Å²) in [6, 6.07) is 8.05. The van der Waals surface area contributed by atoms with E-state index in [1.165, 1.54) is 5.56 Å². The lowest BCUT2D eigenvalue weighted by Gasteiger charge is -2.16. The predicted molar refractivity (Wildman–Crippen MR) is 87.1 cm³/mol. The number of benzene rings is 1. The molecule has 18 heavy (non-hydrogen) atoms. The molecule has 1 aromatic rings. The van der Waals surface area contributed by atoms with Crippen LogP contribution >= 0.6 is 24.0 Å². The molecule has 102 valence electrons. The van der Waals surface area contributed by atoms with Gasteiger partial charge in [0.25, 0.3) is 0 Å². The van der Waals surface area contributed by atoms with E-state index in [0.29, 0.717) is 6.61 Å². The van der Waals surface area contributed by atoms with Crippen molar-refractivity contribution in [1.82, 2.24) is 10.2 Å². The Balaban J connectivity index is 0.00000289. The Morgan fingerprint density at radius 1 is 1.28 bits per heavy atom. The van der Waals surface area contributed by atoms with Crippen molar-refractivity contribution in [1.29, 1.82) is 0 Å². The van der Waals surface area contributed by atoms with Crippen LogP contribution in [0.3, 0.4) is 0 Å². The second kappa shape index (κ2) is 9.02. The van der Waals surface area contributed by atoms with Crippen LogP contribution in [-0.4, -0.2) is 45.2 Å². The van der Waals surface area contributed by atoms with Gasteiger partial charge in [0.15, 0.2) is 5.96 Å². The van der Waals surface area contributed by atoms with Crippen LogP contribution in [0.4, 0.5) is 0 Å². The fourth-order valence-corrected chi connectivity index (χ4v) is 1.40. The first-order valence-corrected chi connectivity index (χ1v) is 5.71. The van der Waals surface area contributed by atoms with E-state index in [2.05, 4.69) is 17.2 Å². The maximum Gasteiger partial charge on any atom is 0.193 e. The molecule has 0 unspecified atom stereocenters. The number of hydrogen-bond acceptors (Lipinski definition) is 2. The average molecular weight is 363 g/mol. The van der Waals surface area contributed by atoms with Crippen LogP contribution in [0.1, 0.15) is 5.56 Å². The van der Waals surface area contributed by atoms with Gasteiger partial charge in [-0.05, 0) is 19.1 Å². The molecule has 0 spiro atoms. The summed E-state index contributed by atoms with van der Waals surface area (Å²) in [5.41, 5.74) is 1.24. The topological polar surface area (TPSA) is 36.9 Å². The van der Waals surface area contributed by atoms with Gasteiger partial charge in [-0.1, -0.05) is 17.7 Å². The van der Waals surface area contributed by atoms with Gasteiger partial charge < -0.3 is 15.0 Å². The minimum atomic E-state index is 0. The lowest BCUT2D eigenvalue weighted by Crippen LogP contribution is -2.38. The number of nitrogens with one attached hydrogen (secondary N) is 1. The van der Waals surface area contributed by atoms with Gasteiger partial charge in [0.1, 0.15) is 12.4 Å². The van der Waals surface area contributed by atoms with Gasteiger partial charge in [0.2, 0.25) is 0 Å². The highest BCUT2D eigenvalue weighted by Crippen LogP contribution is 2.10. The third-order valence-electron chi connectivity index (χ3n) is 2.31. The van der Waals surface area contributed by atoms with Crippen molar-refractivity contribution in [2.75, 3.05) is 34.3 Å². The highest BCUT2D eigenvalue weighted by molar-refractivity contribution is 14.0. The van der Waals surface area contributed by atoms with Crippen molar-refractivity contribution >= 4 is 29.9 Å². The molecular formula is C13H22IN3O. The molecule has 1 N–H and O–H groups in total. The number of nitrogens with zero attached hydrogens (tertiary/aromatic N) is 2. The second-order valence-electron chi connectivity index (χ2n) is 4.03. The standard InChI is InChI=1S/C13H21N3O.HI/c1-11-5-7-12(8-6-11)17-10-9-15-13(14-2)16(3)4;/h5-8H,9-10H2,1-4H3,(H,14,15);1H. The summed E-state index contributed by atoms with van der Waals surface area (Å²) in [7, 11) is 5.68. The second-order valence-corrected chi connectivity index (χ2v) is 4.03. The third-order valence-corrected chi connectivity index (χ3v) is 2.31. The first-order chi connectivity index (χ1) is 8.13. The maximum absolute atomic E-state index is 5.60. The Labute approximate surface area is 126 Å². The van der Waals surface area contributed by atoms with E-state index in [1.54, 1.807) is 7.05 Å². The summed E-state index contributed by atoms with van der Waals surface area (Å²) in [6.45, 7) is 3.42. The fourth-order valence-electron chi connectivity index (χ4n) is 1.40. The number of hydrogen-bond donors (Lipinski definition) is 1. The Morgan fingerprint density at radius 2 is 1.89 bits per heavy atom. The third kappa shape index (κ3) is 6.09. The summed E-state index contributed by atoms with van der Waals surface area (Å²) < 4.78 is 5.60. The number of ether oxygens (including phenoxy) is 1. The smallest absolute Gasteiger partial charge is 0.193 e. The molecular weight excluding hydrogens is 341 g/mol. The molecule has 0 aromatic heterocycles. The molecule has 0 saturated heterocycles. The average Bonchev–Trinajstić information content (AvgIpc) is 2.31. The number of aryl methyl sites for hydroxylation is 1. The van der Waals surface area contributed by atoms with E-state index in [1.807, 2.05) is 43.3 Å². The van der Waals surface area contributed by atoms with E-state index in [-0.39, 0.29) is 24.0 Å². The van der Waals surface area contributed by atoms with Crippen molar-refractivity contribution in [3.8, 4) is 5.75 Å². The van der Waals surface area contributed by atoms with Gasteiger partial charge in [0.05, 0.1) is 6.54 Å². The fraction of sp³-hybridized carbons (Fsp3) is 0.462. The number of aliphatic imine (C=N–C) groups is 1. The molecule has 1 aromatic carbocycles. The molecule has 5 heteroatoms. The molecule has 1 rings (SSSR count). The maximum atomic E-state index is 5.60. The molecule has 0 aliphatic carbocycles. The summed E-state index contributed by atoms with van der Waals surface area (Å²) >= 11 is 0. The summed E-state index contributed by atoms with van der Waals surface area (Å²) in [5, 5.41) is 3.20. The monoisotopic (exact) mass is 363 g/mol. The molecule has 4 nitrogen and oxygen atoms in total. The van der Waals surface area contributed by atoms with Crippen molar-refractivity contribution in [2.24, 2.45) is 4.99 Å². The van der Waals surface area contributed by atoms with Gasteiger partial charge in [-0.15, -0.1) is 24.0 Å². The highest BCUT2D eigenvalue weighted by atomic mass is 127. The number of guanidine groups is 1. The van der Waals surface area contributed by atoms with Crippen molar-refractivity contribution in [2.45, 2.75) is 6.92 Å². The molecule has 0 amide bonds. The van der Waals surface area contributed by atoms with Crippen LogP contribution in [0.2, 0.25) is 0 Å². The molecule has 0 radical (unpaired) electrons. The quantitative estimate of drug-likeness (QED) is 0.385. The first-order valence-electron chi connectivity index (χ1n) is 5.71. The Morgan fingerprint density at radius 3 is 2.39 bits per heavy atom. The van der Waals surface area contributed by atoms with Crippen LogP contribution in [0.25, 0.3) is 0 Å². The molecule has 0 heterocycles. The van der Waals surface area contributed by atoms with Gasteiger partial charge >= 0.3 is 0 Å². The molecule has 0 fully saturated rings. The van der Waals surface area contributed by atoms with Gasteiger partial charge in [0, 0.05) is 21.1 Å². The summed E-state index contributed by atoms with van der Waals surface area (Å²) in [5.74, 6) is 1.76. The minimum Gasteiger partial charge on any atom is -0.492 e. The Bertz CT molecular complexity index is 363. The number of halogens is 1. The summed E-state index contributed by atoms with van der Waals surface area (Å²) in [4.78, 5) is 6.06. The van der Waals surface area contributed by atoms with Crippen LogP contribution < -0.4 is 10.1 Å². The Hall–Kier alpha value is -0.980.